The highest BCUT2D eigenvalue weighted by molar-refractivity contribution is 5.94. The van der Waals surface area contributed by atoms with Crippen molar-refractivity contribution in [3.8, 4) is 5.75 Å². The summed E-state index contributed by atoms with van der Waals surface area (Å²) in [4.78, 5) is 14.4. The van der Waals surface area contributed by atoms with Crippen LogP contribution in [0, 0.1) is 5.92 Å². The standard InChI is InChI=1S/C20H23NO3/c1-23-19-9-7-18(8-10-19)20(22)21-12-11-17(13-21)15-24-14-16-5-3-2-4-6-16/h2-10,17H,11-15H2,1H3/t17-/m1/s1. The first-order valence-corrected chi connectivity index (χ1v) is 8.31. The molecule has 2 aromatic rings. The molecule has 0 spiro atoms. The second-order valence-electron chi connectivity index (χ2n) is 6.14. The molecule has 4 nitrogen and oxygen atoms in total. The van der Waals surface area contributed by atoms with Crippen LogP contribution in [0.5, 0.6) is 5.75 Å². The van der Waals surface area contributed by atoms with E-state index < -0.39 is 0 Å². The lowest BCUT2D eigenvalue weighted by molar-refractivity contribution is 0.0733. The van der Waals surface area contributed by atoms with E-state index in [0.29, 0.717) is 24.7 Å². The monoisotopic (exact) mass is 325 g/mol. The van der Waals surface area contributed by atoms with Gasteiger partial charge in [0.1, 0.15) is 5.75 Å². The molecule has 0 aromatic heterocycles. The minimum Gasteiger partial charge on any atom is -0.497 e. The molecule has 0 saturated carbocycles. The highest BCUT2D eigenvalue weighted by Crippen LogP contribution is 2.20. The van der Waals surface area contributed by atoms with Crippen LogP contribution in [0.3, 0.4) is 0 Å². The first-order valence-electron chi connectivity index (χ1n) is 8.31. The number of ether oxygens (including phenoxy) is 2. The molecule has 0 N–H and O–H groups in total. The third-order valence-electron chi connectivity index (χ3n) is 4.38. The van der Waals surface area contributed by atoms with Crippen LogP contribution < -0.4 is 4.74 Å². The molecule has 1 saturated heterocycles. The fourth-order valence-electron chi connectivity index (χ4n) is 2.99. The van der Waals surface area contributed by atoms with Crippen LogP contribution in [-0.4, -0.2) is 37.6 Å². The Morgan fingerprint density at radius 3 is 2.58 bits per heavy atom. The molecule has 1 fully saturated rings. The second kappa shape index (κ2) is 7.97. The van der Waals surface area contributed by atoms with Gasteiger partial charge in [0, 0.05) is 24.6 Å². The molecular formula is C20H23NO3. The SMILES string of the molecule is COc1ccc(C(=O)N2CC[C@@H](COCc3ccccc3)C2)cc1. The number of methoxy groups -OCH3 is 1. The lowest BCUT2D eigenvalue weighted by atomic mass is 10.1. The summed E-state index contributed by atoms with van der Waals surface area (Å²) in [6.45, 7) is 2.88. The molecule has 0 radical (unpaired) electrons. The maximum Gasteiger partial charge on any atom is 0.253 e. The van der Waals surface area contributed by atoms with E-state index in [1.807, 2.05) is 47.4 Å². The van der Waals surface area contributed by atoms with Crippen molar-refractivity contribution in [3.63, 3.8) is 0 Å². The van der Waals surface area contributed by atoms with Crippen molar-refractivity contribution < 1.29 is 14.3 Å². The van der Waals surface area contributed by atoms with Gasteiger partial charge in [0.05, 0.1) is 20.3 Å². The average molecular weight is 325 g/mol. The summed E-state index contributed by atoms with van der Waals surface area (Å²) in [6, 6.07) is 17.5. The van der Waals surface area contributed by atoms with Gasteiger partial charge in [-0.25, -0.2) is 0 Å². The van der Waals surface area contributed by atoms with Crippen molar-refractivity contribution in [2.45, 2.75) is 13.0 Å². The minimum atomic E-state index is 0.0863. The Labute approximate surface area is 143 Å². The normalized spacial score (nSPS) is 17.0. The largest absolute Gasteiger partial charge is 0.497 e. The highest BCUT2D eigenvalue weighted by atomic mass is 16.5. The Hall–Kier alpha value is -2.33. The quantitative estimate of drug-likeness (QED) is 0.817. The number of likely N-dealkylation sites (tertiary alicyclic amines) is 1. The third-order valence-corrected chi connectivity index (χ3v) is 4.38. The van der Waals surface area contributed by atoms with Crippen molar-refractivity contribution >= 4 is 5.91 Å². The molecular weight excluding hydrogens is 302 g/mol. The van der Waals surface area contributed by atoms with Crippen molar-refractivity contribution in [1.29, 1.82) is 0 Å². The van der Waals surface area contributed by atoms with Gasteiger partial charge in [-0.15, -0.1) is 0 Å². The summed E-state index contributed by atoms with van der Waals surface area (Å²) >= 11 is 0. The van der Waals surface area contributed by atoms with Gasteiger partial charge in [-0.05, 0) is 36.2 Å². The van der Waals surface area contributed by atoms with E-state index in [2.05, 4.69) is 12.1 Å². The summed E-state index contributed by atoms with van der Waals surface area (Å²) < 4.78 is 10.9. The second-order valence-corrected chi connectivity index (χ2v) is 6.14. The van der Waals surface area contributed by atoms with Gasteiger partial charge in [-0.1, -0.05) is 30.3 Å². The minimum absolute atomic E-state index is 0.0863. The Balaban J connectivity index is 1.46. The molecule has 1 atom stereocenters. The van der Waals surface area contributed by atoms with Crippen molar-refractivity contribution in [1.82, 2.24) is 4.90 Å². The van der Waals surface area contributed by atoms with Crippen molar-refractivity contribution in [2.24, 2.45) is 5.92 Å². The lowest BCUT2D eigenvalue weighted by Gasteiger charge is -2.17. The number of hydrogen-bond acceptors (Lipinski definition) is 3. The number of rotatable bonds is 6. The maximum absolute atomic E-state index is 12.5. The van der Waals surface area contributed by atoms with Crippen molar-refractivity contribution in [3.05, 3.63) is 65.7 Å². The van der Waals surface area contributed by atoms with E-state index in [1.165, 1.54) is 5.56 Å². The predicted molar refractivity (Wildman–Crippen MR) is 93.1 cm³/mol. The number of carbonyl (C=O) groups excluding carboxylic acids is 1. The fourth-order valence-corrected chi connectivity index (χ4v) is 2.99. The summed E-state index contributed by atoms with van der Waals surface area (Å²) in [5, 5.41) is 0. The van der Waals surface area contributed by atoms with E-state index in [-0.39, 0.29) is 5.91 Å². The number of carbonyl (C=O) groups is 1. The first kappa shape index (κ1) is 16.5. The van der Waals surface area contributed by atoms with Gasteiger partial charge >= 0.3 is 0 Å². The predicted octanol–water partition coefficient (Wildman–Crippen LogP) is 3.37. The molecule has 0 unspecified atom stereocenters. The molecule has 2 aromatic carbocycles. The summed E-state index contributed by atoms with van der Waals surface area (Å²) in [5.41, 5.74) is 1.89. The number of benzene rings is 2. The molecule has 1 aliphatic heterocycles. The van der Waals surface area contributed by atoms with Gasteiger partial charge in [0.25, 0.3) is 5.91 Å². The molecule has 1 heterocycles. The smallest absolute Gasteiger partial charge is 0.253 e. The zero-order valence-electron chi connectivity index (χ0n) is 14.0. The number of nitrogens with zero attached hydrogens (tertiary/aromatic N) is 1. The van der Waals surface area contributed by atoms with Gasteiger partial charge in [-0.3, -0.25) is 4.79 Å². The zero-order valence-corrected chi connectivity index (χ0v) is 14.0. The average Bonchev–Trinajstić information content (AvgIpc) is 3.11. The topological polar surface area (TPSA) is 38.8 Å². The van der Waals surface area contributed by atoms with Gasteiger partial charge in [-0.2, -0.15) is 0 Å². The molecule has 0 bridgehead atoms. The third kappa shape index (κ3) is 4.15. The maximum atomic E-state index is 12.5. The van der Waals surface area contributed by atoms with Crippen LogP contribution in [-0.2, 0) is 11.3 Å². The van der Waals surface area contributed by atoms with Gasteiger partial charge in [0.15, 0.2) is 0 Å². The van der Waals surface area contributed by atoms with Crippen LogP contribution in [0.2, 0.25) is 0 Å². The molecule has 4 heteroatoms. The Morgan fingerprint density at radius 1 is 1.12 bits per heavy atom. The van der Waals surface area contributed by atoms with Crippen LogP contribution in [0.25, 0.3) is 0 Å². The van der Waals surface area contributed by atoms with E-state index in [4.69, 9.17) is 9.47 Å². The Bertz CT molecular complexity index is 654. The highest BCUT2D eigenvalue weighted by Gasteiger charge is 2.27. The summed E-state index contributed by atoms with van der Waals surface area (Å²) in [6.07, 6.45) is 0.997. The Morgan fingerprint density at radius 2 is 1.88 bits per heavy atom. The molecule has 126 valence electrons. The van der Waals surface area contributed by atoms with E-state index in [9.17, 15) is 4.79 Å². The van der Waals surface area contributed by atoms with E-state index in [1.54, 1.807) is 7.11 Å². The van der Waals surface area contributed by atoms with Crippen LogP contribution >= 0.6 is 0 Å². The van der Waals surface area contributed by atoms with Crippen LogP contribution in [0.4, 0.5) is 0 Å². The molecule has 0 aliphatic carbocycles. The van der Waals surface area contributed by atoms with E-state index in [0.717, 1.165) is 25.3 Å². The lowest BCUT2D eigenvalue weighted by Crippen LogP contribution is -2.29. The summed E-state index contributed by atoms with van der Waals surface area (Å²) in [5.74, 6) is 1.26. The van der Waals surface area contributed by atoms with Gasteiger partial charge in [0.2, 0.25) is 0 Å². The number of hydrogen-bond donors (Lipinski definition) is 0. The summed E-state index contributed by atoms with van der Waals surface area (Å²) in [7, 11) is 1.62. The van der Waals surface area contributed by atoms with Crippen molar-refractivity contribution in [2.75, 3.05) is 26.8 Å². The fraction of sp³-hybridized carbons (Fsp3) is 0.350. The van der Waals surface area contributed by atoms with Crippen LogP contribution in [0.1, 0.15) is 22.3 Å². The number of amides is 1. The van der Waals surface area contributed by atoms with E-state index >= 15 is 0 Å². The molecule has 24 heavy (non-hydrogen) atoms. The Kier molecular flexibility index (Phi) is 5.49. The zero-order chi connectivity index (χ0) is 16.8. The van der Waals surface area contributed by atoms with Gasteiger partial charge < -0.3 is 14.4 Å². The molecule has 1 aliphatic rings. The van der Waals surface area contributed by atoms with Crippen LogP contribution in [0.15, 0.2) is 54.6 Å². The molecule has 3 rings (SSSR count). The first-order chi connectivity index (χ1) is 11.8. The molecule has 1 amide bonds.